The second kappa shape index (κ2) is 14.9. The Morgan fingerprint density at radius 1 is 1.15 bits per heavy atom. The number of amides is 2. The van der Waals surface area contributed by atoms with Crippen molar-refractivity contribution < 1.29 is 38.3 Å². The summed E-state index contributed by atoms with van der Waals surface area (Å²) in [4.78, 5) is 27.0. The van der Waals surface area contributed by atoms with E-state index >= 15 is 0 Å². The molecule has 2 aromatic carbocycles. The van der Waals surface area contributed by atoms with Gasteiger partial charge >= 0.3 is 18.9 Å². The van der Waals surface area contributed by atoms with Crippen LogP contribution in [-0.4, -0.2) is 48.0 Å². The van der Waals surface area contributed by atoms with Gasteiger partial charge in [0.2, 0.25) is 5.91 Å². The van der Waals surface area contributed by atoms with Crippen molar-refractivity contribution >= 4 is 11.8 Å². The number of likely N-dealkylation sites (tertiary alicyclic amines) is 1. The number of nitrogens with one attached hydrogen (secondary N) is 2. The van der Waals surface area contributed by atoms with E-state index in [9.17, 15) is 14.7 Å². The molecule has 41 heavy (non-hydrogen) atoms. The van der Waals surface area contributed by atoms with Gasteiger partial charge in [-0.25, -0.2) is 0 Å². The number of hydrogen-bond donors (Lipinski definition) is 2. The van der Waals surface area contributed by atoms with E-state index in [4.69, 9.17) is 10.5 Å². The molecule has 8 heteroatoms. The minimum Gasteiger partial charge on any atom is -0.677 e. The number of aryl methyl sites for hydroxylation is 1. The smallest absolute Gasteiger partial charge is 0.677 e. The Morgan fingerprint density at radius 3 is 2.54 bits per heavy atom. The number of ether oxygens (including phenoxy) is 1. The van der Waals surface area contributed by atoms with Gasteiger partial charge in [-0.05, 0) is 62.1 Å². The third-order valence-electron chi connectivity index (χ3n) is 8.28. The van der Waals surface area contributed by atoms with Crippen LogP contribution in [0.3, 0.4) is 0 Å². The van der Waals surface area contributed by atoms with Crippen LogP contribution in [0.2, 0.25) is 0 Å². The molecule has 214 valence electrons. The normalized spacial score (nSPS) is 21.7. The molecule has 0 spiro atoms. The first-order valence-electron chi connectivity index (χ1n) is 14.4. The standard InChI is InChI=1S/C33H42N3O4.Li/c1-23-10-4-6-13-30(23)40-31-14-7-5-12-29(31)33(39,17-9-18-35-25(3)37)28-11-8-19-36(22-28)32(38)26-15-16-27(21-34)24(2)20-26;/h4-7,10,12-16,20,24,27-28,34,39H,8-9,11,17-19,21-22H2,1-3H3,(H,35,37);/q-1;+1/t24?,27?,28-,33+;/m1./s1. The molecule has 4 rings (SSSR count). The first kappa shape index (κ1) is 32.7. The van der Waals surface area contributed by atoms with Crippen molar-refractivity contribution in [3.05, 3.63) is 89.2 Å². The predicted octanol–water partition coefficient (Wildman–Crippen LogP) is 2.93. The van der Waals surface area contributed by atoms with Crippen LogP contribution in [0.5, 0.6) is 11.5 Å². The number of piperidine rings is 1. The number of para-hydroxylation sites is 2. The average molecular weight is 552 g/mol. The maximum atomic E-state index is 13.6. The quantitative estimate of drug-likeness (QED) is 0.350. The van der Waals surface area contributed by atoms with Gasteiger partial charge in [0.05, 0.1) is 5.60 Å². The molecule has 7 nitrogen and oxygen atoms in total. The zero-order valence-electron chi connectivity index (χ0n) is 24.9. The van der Waals surface area contributed by atoms with E-state index in [1.54, 1.807) is 0 Å². The van der Waals surface area contributed by atoms with Gasteiger partial charge in [-0.3, -0.25) is 9.59 Å². The maximum Gasteiger partial charge on any atom is 1.00 e. The van der Waals surface area contributed by atoms with E-state index in [1.165, 1.54) is 6.92 Å². The Morgan fingerprint density at radius 2 is 1.85 bits per heavy atom. The minimum absolute atomic E-state index is 0. The fourth-order valence-electron chi connectivity index (χ4n) is 5.88. The first-order chi connectivity index (χ1) is 19.2. The van der Waals surface area contributed by atoms with Crippen LogP contribution in [0, 0.1) is 24.7 Å². The largest absolute Gasteiger partial charge is 1.00 e. The van der Waals surface area contributed by atoms with Crippen molar-refractivity contribution in [3.8, 4) is 11.5 Å². The third kappa shape index (κ3) is 7.93. The molecule has 2 aromatic rings. The number of carbonyl (C=O) groups excluding carboxylic acids is 2. The molecule has 0 saturated carbocycles. The summed E-state index contributed by atoms with van der Waals surface area (Å²) in [7, 11) is 0. The monoisotopic (exact) mass is 551 g/mol. The van der Waals surface area contributed by atoms with Gasteiger partial charge in [0.25, 0.3) is 5.91 Å². The molecule has 0 bridgehead atoms. The topological polar surface area (TPSA) is 103 Å². The zero-order chi connectivity index (χ0) is 28.7. The first-order valence-corrected chi connectivity index (χ1v) is 14.4. The molecule has 1 fully saturated rings. The minimum atomic E-state index is -1.27. The van der Waals surface area contributed by atoms with Gasteiger partial charge in [0.15, 0.2) is 0 Å². The van der Waals surface area contributed by atoms with Gasteiger partial charge in [0, 0.05) is 43.6 Å². The van der Waals surface area contributed by atoms with E-state index in [0.29, 0.717) is 55.9 Å². The summed E-state index contributed by atoms with van der Waals surface area (Å²) in [5.41, 5.74) is 8.82. The van der Waals surface area contributed by atoms with E-state index in [1.807, 2.05) is 85.5 Å². The molecule has 1 aliphatic carbocycles. The molecule has 2 aliphatic rings. The van der Waals surface area contributed by atoms with Crippen LogP contribution in [0.15, 0.2) is 72.3 Å². The average Bonchev–Trinajstić information content (AvgIpc) is 2.96. The van der Waals surface area contributed by atoms with Crippen molar-refractivity contribution in [2.45, 2.75) is 52.1 Å². The molecule has 1 saturated heterocycles. The van der Waals surface area contributed by atoms with Gasteiger partial charge in [-0.2, -0.15) is 0 Å². The number of aliphatic hydroxyl groups is 1. The molecule has 0 aromatic heterocycles. The second-order valence-electron chi connectivity index (χ2n) is 11.2. The summed E-state index contributed by atoms with van der Waals surface area (Å²) >= 11 is 0. The maximum absolute atomic E-state index is 13.6. The van der Waals surface area contributed by atoms with Crippen molar-refractivity contribution in [3.63, 3.8) is 0 Å². The summed E-state index contributed by atoms with van der Waals surface area (Å²) < 4.78 is 6.38. The van der Waals surface area contributed by atoms with Crippen LogP contribution >= 0.6 is 0 Å². The molecule has 1 aliphatic heterocycles. The number of nitrogens with zero attached hydrogens (tertiary/aromatic N) is 1. The van der Waals surface area contributed by atoms with E-state index in [-0.39, 0.29) is 48.4 Å². The fourth-order valence-corrected chi connectivity index (χ4v) is 5.88. The van der Waals surface area contributed by atoms with E-state index in [2.05, 4.69) is 5.32 Å². The third-order valence-corrected chi connectivity index (χ3v) is 8.28. The van der Waals surface area contributed by atoms with Gasteiger partial charge in [-0.15, -0.1) is 6.54 Å². The van der Waals surface area contributed by atoms with Crippen LogP contribution in [0.1, 0.15) is 50.7 Å². The van der Waals surface area contributed by atoms with Gasteiger partial charge in [-0.1, -0.05) is 61.5 Å². The van der Waals surface area contributed by atoms with Crippen LogP contribution in [0.4, 0.5) is 0 Å². The molecule has 4 atom stereocenters. The fraction of sp³-hybridized carbons (Fsp3) is 0.455. The summed E-state index contributed by atoms with van der Waals surface area (Å²) in [5.74, 6) is 1.25. The van der Waals surface area contributed by atoms with Crippen LogP contribution in [-0.2, 0) is 15.2 Å². The number of benzene rings is 2. The summed E-state index contributed by atoms with van der Waals surface area (Å²) in [6.45, 7) is 7.36. The van der Waals surface area contributed by atoms with Crippen molar-refractivity contribution in [1.82, 2.24) is 10.2 Å². The van der Waals surface area contributed by atoms with E-state index in [0.717, 1.165) is 24.2 Å². The Bertz CT molecular complexity index is 1260. The molecular formula is C33H42LiN3O4. The Labute approximate surface area is 256 Å². The van der Waals surface area contributed by atoms with Crippen molar-refractivity contribution in [2.75, 3.05) is 26.2 Å². The Kier molecular flexibility index (Phi) is 11.9. The SMILES string of the molecule is CC(=O)NCCC[C@@](O)(c1ccccc1Oc1ccccc1C)[C@@H]1CCCN(C(=O)C2=CC(C)C(C[NH-])C=C2)C1.[Li+]. The summed E-state index contributed by atoms with van der Waals surface area (Å²) in [6, 6.07) is 15.4. The number of hydrogen-bond acceptors (Lipinski definition) is 4. The molecule has 3 N–H and O–H groups in total. The molecule has 0 radical (unpaired) electrons. The molecular weight excluding hydrogens is 509 g/mol. The van der Waals surface area contributed by atoms with Gasteiger partial charge in [0.1, 0.15) is 11.5 Å². The van der Waals surface area contributed by atoms with Gasteiger partial charge < -0.3 is 25.8 Å². The van der Waals surface area contributed by atoms with Crippen LogP contribution in [0.25, 0.3) is 5.73 Å². The molecule has 2 unspecified atom stereocenters. The molecule has 2 amide bonds. The summed E-state index contributed by atoms with van der Waals surface area (Å²) in [5, 5.41) is 15.4. The number of carbonyl (C=O) groups is 2. The summed E-state index contributed by atoms with van der Waals surface area (Å²) in [6.07, 6.45) is 8.37. The Balaban J connectivity index is 0.00000462. The van der Waals surface area contributed by atoms with E-state index < -0.39 is 5.60 Å². The molecule has 1 heterocycles. The van der Waals surface area contributed by atoms with Crippen LogP contribution < -0.4 is 28.9 Å². The van der Waals surface area contributed by atoms with Crippen molar-refractivity contribution in [2.24, 2.45) is 17.8 Å². The number of rotatable bonds is 10. The predicted molar refractivity (Wildman–Crippen MR) is 158 cm³/mol. The van der Waals surface area contributed by atoms with Crippen molar-refractivity contribution in [1.29, 1.82) is 0 Å². The zero-order valence-corrected chi connectivity index (χ0v) is 24.9. The number of allylic oxidation sites excluding steroid dienone is 1. The second-order valence-corrected chi connectivity index (χ2v) is 11.2. The Hall–Kier alpha value is -2.82.